The Morgan fingerprint density at radius 2 is 2.15 bits per heavy atom. The maximum atomic E-state index is 13.6. The van der Waals surface area contributed by atoms with Gasteiger partial charge in [0.25, 0.3) is 5.91 Å². The maximum Gasteiger partial charge on any atom is 0.255 e. The largest absolute Gasteiger partial charge is 0.338 e. The second-order valence-corrected chi connectivity index (χ2v) is 7.28. The maximum absolute atomic E-state index is 13.6. The summed E-state index contributed by atoms with van der Waals surface area (Å²) in [6.45, 7) is 3.17. The molecule has 1 saturated heterocycles. The molecule has 2 N–H and O–H groups in total. The standard InChI is InChI=1S/C12H14BrFN2O3S/c1-7-2-3-16(6-7)12(17)9-4-8(14)5-10(11(9)13)20(15,18)19/h4-5,7H,2-3,6H2,1H3,(H2,15,18,19). The molecule has 1 atom stereocenters. The first-order valence-corrected chi connectivity index (χ1v) is 8.35. The highest BCUT2D eigenvalue weighted by atomic mass is 79.9. The first-order chi connectivity index (χ1) is 9.20. The van der Waals surface area contributed by atoms with Crippen molar-refractivity contribution in [2.45, 2.75) is 18.2 Å². The molecule has 2 rings (SSSR count). The van der Waals surface area contributed by atoms with Gasteiger partial charge in [-0.05, 0) is 40.4 Å². The van der Waals surface area contributed by atoms with Crippen molar-refractivity contribution in [3.8, 4) is 0 Å². The van der Waals surface area contributed by atoms with E-state index >= 15 is 0 Å². The van der Waals surface area contributed by atoms with Crippen LogP contribution in [0, 0.1) is 11.7 Å². The van der Waals surface area contributed by atoms with Crippen molar-refractivity contribution >= 4 is 31.9 Å². The lowest BCUT2D eigenvalue weighted by atomic mass is 10.2. The van der Waals surface area contributed by atoms with Gasteiger partial charge in [-0.1, -0.05) is 6.92 Å². The van der Waals surface area contributed by atoms with E-state index in [1.165, 1.54) is 0 Å². The Balaban J connectivity index is 2.47. The second kappa shape index (κ2) is 5.42. The van der Waals surface area contributed by atoms with Crippen LogP contribution < -0.4 is 5.14 Å². The zero-order chi connectivity index (χ0) is 15.1. The number of carbonyl (C=O) groups is 1. The number of halogens is 2. The Labute approximate surface area is 125 Å². The predicted molar refractivity (Wildman–Crippen MR) is 75.2 cm³/mol. The Hall–Kier alpha value is -0.990. The minimum atomic E-state index is -4.10. The van der Waals surface area contributed by atoms with Gasteiger partial charge in [-0.3, -0.25) is 4.79 Å². The fourth-order valence-electron chi connectivity index (χ4n) is 2.22. The minimum Gasteiger partial charge on any atom is -0.338 e. The van der Waals surface area contributed by atoms with Crippen LogP contribution in [0.2, 0.25) is 0 Å². The molecule has 110 valence electrons. The van der Waals surface area contributed by atoms with Crippen molar-refractivity contribution in [1.29, 1.82) is 0 Å². The number of nitrogens with zero attached hydrogens (tertiary/aromatic N) is 1. The van der Waals surface area contributed by atoms with Gasteiger partial charge in [-0.2, -0.15) is 0 Å². The zero-order valence-corrected chi connectivity index (χ0v) is 13.2. The summed E-state index contributed by atoms with van der Waals surface area (Å²) in [6, 6.07) is 1.81. The lowest BCUT2D eigenvalue weighted by Crippen LogP contribution is -2.29. The quantitative estimate of drug-likeness (QED) is 0.867. The van der Waals surface area contributed by atoms with Crippen LogP contribution in [0.4, 0.5) is 4.39 Å². The highest BCUT2D eigenvalue weighted by Gasteiger charge is 2.28. The average molecular weight is 365 g/mol. The van der Waals surface area contributed by atoms with E-state index < -0.39 is 26.6 Å². The fraction of sp³-hybridized carbons (Fsp3) is 0.417. The highest BCUT2D eigenvalue weighted by Crippen LogP contribution is 2.29. The van der Waals surface area contributed by atoms with Gasteiger partial charge in [0, 0.05) is 13.1 Å². The van der Waals surface area contributed by atoms with E-state index in [1.54, 1.807) is 4.90 Å². The molecule has 1 aliphatic rings. The summed E-state index contributed by atoms with van der Waals surface area (Å²) >= 11 is 3.04. The molecule has 0 aliphatic carbocycles. The summed E-state index contributed by atoms with van der Waals surface area (Å²) in [7, 11) is -4.10. The molecule has 0 spiro atoms. The van der Waals surface area contributed by atoms with Gasteiger partial charge in [0.1, 0.15) is 5.82 Å². The molecule has 1 amide bonds. The molecule has 1 aromatic rings. The van der Waals surface area contributed by atoms with Crippen LogP contribution in [0.1, 0.15) is 23.7 Å². The third kappa shape index (κ3) is 3.02. The number of rotatable bonds is 2. The summed E-state index contributed by atoms with van der Waals surface area (Å²) in [5.74, 6) is -0.831. The molecular weight excluding hydrogens is 351 g/mol. The molecule has 5 nitrogen and oxygen atoms in total. The van der Waals surface area contributed by atoms with Crippen LogP contribution in [0.3, 0.4) is 0 Å². The molecule has 1 aromatic carbocycles. The molecule has 20 heavy (non-hydrogen) atoms. The van der Waals surface area contributed by atoms with Gasteiger partial charge in [0.2, 0.25) is 10.0 Å². The van der Waals surface area contributed by atoms with Crippen molar-refractivity contribution in [2.75, 3.05) is 13.1 Å². The molecule has 0 bridgehead atoms. The molecule has 1 aliphatic heterocycles. The number of hydrogen-bond acceptors (Lipinski definition) is 3. The fourth-order valence-corrected chi connectivity index (χ4v) is 3.93. The molecule has 1 heterocycles. The minimum absolute atomic E-state index is 0.00551. The van der Waals surface area contributed by atoms with Gasteiger partial charge < -0.3 is 4.90 Å². The third-order valence-corrected chi connectivity index (χ3v) is 5.30. The van der Waals surface area contributed by atoms with Crippen LogP contribution in [0.15, 0.2) is 21.5 Å². The summed E-state index contributed by atoms with van der Waals surface area (Å²) < 4.78 is 36.4. The van der Waals surface area contributed by atoms with E-state index in [0.717, 1.165) is 18.6 Å². The number of hydrogen-bond donors (Lipinski definition) is 1. The number of carbonyl (C=O) groups excluding carboxylic acids is 1. The highest BCUT2D eigenvalue weighted by molar-refractivity contribution is 9.10. The van der Waals surface area contributed by atoms with Crippen molar-refractivity contribution < 1.29 is 17.6 Å². The Morgan fingerprint density at radius 1 is 1.50 bits per heavy atom. The van der Waals surface area contributed by atoms with E-state index in [4.69, 9.17) is 5.14 Å². The molecule has 1 fully saturated rings. The first kappa shape index (κ1) is 15.4. The number of primary sulfonamides is 1. The second-order valence-electron chi connectivity index (χ2n) is 4.96. The molecule has 0 aromatic heterocycles. The van der Waals surface area contributed by atoms with E-state index in [0.29, 0.717) is 19.0 Å². The van der Waals surface area contributed by atoms with E-state index in [2.05, 4.69) is 15.9 Å². The zero-order valence-electron chi connectivity index (χ0n) is 10.8. The summed E-state index contributed by atoms with van der Waals surface area (Å²) in [5.41, 5.74) is -0.0249. The SMILES string of the molecule is CC1CCN(C(=O)c2cc(F)cc(S(N)(=O)=O)c2Br)C1. The number of benzene rings is 1. The van der Waals surface area contributed by atoms with Crippen molar-refractivity contribution in [1.82, 2.24) is 4.90 Å². The van der Waals surface area contributed by atoms with E-state index in [9.17, 15) is 17.6 Å². The molecule has 0 saturated carbocycles. The summed E-state index contributed by atoms with van der Waals surface area (Å²) in [6.07, 6.45) is 0.876. The van der Waals surface area contributed by atoms with Crippen LogP contribution in [0.5, 0.6) is 0 Å². The lowest BCUT2D eigenvalue weighted by Gasteiger charge is -2.17. The predicted octanol–water partition coefficient (Wildman–Crippen LogP) is 1.72. The van der Waals surface area contributed by atoms with Gasteiger partial charge >= 0.3 is 0 Å². The molecular formula is C12H14BrFN2O3S. The number of sulfonamides is 1. The Kier molecular flexibility index (Phi) is 4.17. The van der Waals surface area contributed by atoms with E-state index in [1.807, 2.05) is 6.92 Å². The average Bonchev–Trinajstić information content (AvgIpc) is 2.76. The summed E-state index contributed by atoms with van der Waals surface area (Å²) in [4.78, 5) is 13.5. The number of nitrogens with two attached hydrogens (primary N) is 1. The van der Waals surface area contributed by atoms with Gasteiger partial charge in [0.15, 0.2) is 0 Å². The molecule has 1 unspecified atom stereocenters. The summed E-state index contributed by atoms with van der Waals surface area (Å²) in [5, 5.41) is 5.02. The van der Waals surface area contributed by atoms with Crippen molar-refractivity contribution in [2.24, 2.45) is 11.1 Å². The van der Waals surface area contributed by atoms with Crippen LogP contribution in [-0.4, -0.2) is 32.3 Å². The van der Waals surface area contributed by atoms with Gasteiger partial charge in [0.05, 0.1) is 14.9 Å². The third-order valence-electron chi connectivity index (χ3n) is 3.25. The van der Waals surface area contributed by atoms with Crippen LogP contribution >= 0.6 is 15.9 Å². The van der Waals surface area contributed by atoms with Crippen molar-refractivity contribution in [3.63, 3.8) is 0 Å². The monoisotopic (exact) mass is 364 g/mol. The Morgan fingerprint density at radius 3 is 2.65 bits per heavy atom. The molecule has 8 heteroatoms. The Bertz CT molecular complexity index is 663. The normalized spacial score (nSPS) is 19.4. The first-order valence-electron chi connectivity index (χ1n) is 6.01. The van der Waals surface area contributed by atoms with Crippen LogP contribution in [0.25, 0.3) is 0 Å². The molecule has 0 radical (unpaired) electrons. The van der Waals surface area contributed by atoms with Crippen LogP contribution in [-0.2, 0) is 10.0 Å². The van der Waals surface area contributed by atoms with Gasteiger partial charge in [-0.25, -0.2) is 17.9 Å². The van der Waals surface area contributed by atoms with E-state index in [-0.39, 0.29) is 10.0 Å². The number of amides is 1. The topological polar surface area (TPSA) is 80.5 Å². The van der Waals surface area contributed by atoms with Gasteiger partial charge in [-0.15, -0.1) is 0 Å². The van der Waals surface area contributed by atoms with Crippen molar-refractivity contribution in [3.05, 3.63) is 28.0 Å². The number of likely N-dealkylation sites (tertiary alicyclic amines) is 1. The smallest absolute Gasteiger partial charge is 0.255 e. The lowest BCUT2D eigenvalue weighted by molar-refractivity contribution is 0.0786.